The van der Waals surface area contributed by atoms with Gasteiger partial charge in [-0.1, -0.05) is 18.2 Å². The van der Waals surface area contributed by atoms with Crippen molar-refractivity contribution in [1.29, 1.82) is 0 Å². The van der Waals surface area contributed by atoms with Crippen LogP contribution in [0.25, 0.3) is 0 Å². The first-order chi connectivity index (χ1) is 8.16. The van der Waals surface area contributed by atoms with Crippen molar-refractivity contribution in [2.24, 2.45) is 5.73 Å². The van der Waals surface area contributed by atoms with Gasteiger partial charge in [0.15, 0.2) is 5.75 Å². The average Bonchev–Trinajstić information content (AvgIpc) is 2.33. The molecule has 1 atom stereocenters. The van der Waals surface area contributed by atoms with Crippen molar-refractivity contribution in [3.8, 4) is 11.5 Å². The molecule has 0 aliphatic carbocycles. The van der Waals surface area contributed by atoms with E-state index in [-0.39, 0.29) is 6.04 Å². The monoisotopic (exact) mass is 229 g/mol. The Morgan fingerprint density at radius 3 is 2.41 bits per heavy atom. The second-order valence-corrected chi connectivity index (χ2v) is 3.93. The number of hydrogen-bond donors (Lipinski definition) is 1. The molecule has 4 nitrogen and oxygen atoms in total. The zero-order valence-electron chi connectivity index (χ0n) is 9.92. The van der Waals surface area contributed by atoms with Crippen molar-refractivity contribution in [2.75, 3.05) is 0 Å². The van der Waals surface area contributed by atoms with E-state index in [0.29, 0.717) is 11.6 Å². The predicted octanol–water partition coefficient (Wildman–Crippen LogP) is 2.60. The van der Waals surface area contributed by atoms with Crippen LogP contribution in [0.5, 0.6) is 11.5 Å². The Hall–Kier alpha value is -1.94. The van der Waals surface area contributed by atoms with Crippen LogP contribution in [0.4, 0.5) is 0 Å². The minimum Gasteiger partial charge on any atom is -0.454 e. The summed E-state index contributed by atoms with van der Waals surface area (Å²) in [6.07, 6.45) is 3.27. The molecule has 0 fully saturated rings. The van der Waals surface area contributed by atoms with Gasteiger partial charge in [0.05, 0.1) is 18.4 Å². The van der Waals surface area contributed by atoms with Gasteiger partial charge in [-0.3, -0.25) is 0 Å². The summed E-state index contributed by atoms with van der Waals surface area (Å²) in [5, 5.41) is 0. The Bertz CT molecular complexity index is 494. The summed E-state index contributed by atoms with van der Waals surface area (Å²) in [6.45, 7) is 3.84. The fraction of sp³-hybridized carbons (Fsp3) is 0.231. The van der Waals surface area contributed by atoms with Gasteiger partial charge >= 0.3 is 0 Å². The highest BCUT2D eigenvalue weighted by Gasteiger charge is 2.04. The van der Waals surface area contributed by atoms with Crippen molar-refractivity contribution in [3.63, 3.8) is 0 Å². The lowest BCUT2D eigenvalue weighted by Crippen LogP contribution is -2.09. The van der Waals surface area contributed by atoms with E-state index in [1.54, 1.807) is 12.4 Å². The topological polar surface area (TPSA) is 61.0 Å². The van der Waals surface area contributed by atoms with Gasteiger partial charge in [0.25, 0.3) is 0 Å². The van der Waals surface area contributed by atoms with Gasteiger partial charge in [-0.2, -0.15) is 0 Å². The van der Waals surface area contributed by atoms with Gasteiger partial charge in [0.1, 0.15) is 11.6 Å². The Labute approximate surface area is 100 Å². The first-order valence-electron chi connectivity index (χ1n) is 5.48. The number of rotatable bonds is 3. The van der Waals surface area contributed by atoms with E-state index in [1.165, 1.54) is 0 Å². The third kappa shape index (κ3) is 2.79. The SMILES string of the molecule is Cc1ccccc1Oc1cnc(C(C)N)nc1. The van der Waals surface area contributed by atoms with Crippen LogP contribution in [-0.4, -0.2) is 9.97 Å². The number of aryl methyl sites for hydroxylation is 1. The molecule has 2 aromatic rings. The zero-order valence-corrected chi connectivity index (χ0v) is 9.92. The largest absolute Gasteiger partial charge is 0.454 e. The van der Waals surface area contributed by atoms with Crippen LogP contribution in [0.1, 0.15) is 24.4 Å². The molecule has 4 heteroatoms. The van der Waals surface area contributed by atoms with Gasteiger partial charge < -0.3 is 10.5 Å². The molecule has 0 bridgehead atoms. The smallest absolute Gasteiger partial charge is 0.164 e. The van der Waals surface area contributed by atoms with Gasteiger partial charge in [0.2, 0.25) is 0 Å². The van der Waals surface area contributed by atoms with E-state index in [9.17, 15) is 0 Å². The molecule has 0 saturated carbocycles. The quantitative estimate of drug-likeness (QED) is 0.878. The van der Waals surface area contributed by atoms with Crippen LogP contribution in [0, 0.1) is 6.92 Å². The van der Waals surface area contributed by atoms with E-state index >= 15 is 0 Å². The van der Waals surface area contributed by atoms with Crippen LogP contribution in [0.2, 0.25) is 0 Å². The first-order valence-corrected chi connectivity index (χ1v) is 5.48. The highest BCUT2D eigenvalue weighted by Crippen LogP contribution is 2.23. The molecule has 0 amide bonds. The number of aromatic nitrogens is 2. The highest BCUT2D eigenvalue weighted by atomic mass is 16.5. The van der Waals surface area contributed by atoms with Crippen molar-refractivity contribution in [3.05, 3.63) is 48.0 Å². The zero-order chi connectivity index (χ0) is 12.3. The van der Waals surface area contributed by atoms with Crippen LogP contribution < -0.4 is 10.5 Å². The minimum absolute atomic E-state index is 0.164. The van der Waals surface area contributed by atoms with Crippen molar-refractivity contribution < 1.29 is 4.74 Å². The van der Waals surface area contributed by atoms with Crippen molar-refractivity contribution >= 4 is 0 Å². The molecule has 1 heterocycles. The number of ether oxygens (including phenoxy) is 1. The number of nitrogens with two attached hydrogens (primary N) is 1. The molecule has 0 aliphatic rings. The summed E-state index contributed by atoms with van der Waals surface area (Å²) in [5.41, 5.74) is 6.75. The van der Waals surface area contributed by atoms with Gasteiger partial charge in [-0.05, 0) is 25.5 Å². The highest BCUT2D eigenvalue weighted by molar-refractivity contribution is 5.35. The molecule has 0 saturated heterocycles. The summed E-state index contributed by atoms with van der Waals surface area (Å²) in [4.78, 5) is 8.29. The van der Waals surface area contributed by atoms with Gasteiger partial charge in [-0.15, -0.1) is 0 Å². The molecule has 0 spiro atoms. The normalized spacial score (nSPS) is 12.2. The van der Waals surface area contributed by atoms with Gasteiger partial charge in [-0.25, -0.2) is 9.97 Å². The molecule has 0 aliphatic heterocycles. The number of hydrogen-bond acceptors (Lipinski definition) is 4. The maximum Gasteiger partial charge on any atom is 0.164 e. The van der Waals surface area contributed by atoms with Crippen LogP contribution >= 0.6 is 0 Å². The summed E-state index contributed by atoms with van der Waals surface area (Å²) in [5.74, 6) is 2.04. The summed E-state index contributed by atoms with van der Waals surface area (Å²) in [7, 11) is 0. The third-order valence-electron chi connectivity index (χ3n) is 2.38. The summed E-state index contributed by atoms with van der Waals surface area (Å²) < 4.78 is 5.68. The van der Waals surface area contributed by atoms with E-state index in [2.05, 4.69) is 9.97 Å². The lowest BCUT2D eigenvalue weighted by Gasteiger charge is -2.08. The molecule has 17 heavy (non-hydrogen) atoms. The summed E-state index contributed by atoms with van der Waals surface area (Å²) >= 11 is 0. The van der Waals surface area contributed by atoms with E-state index in [1.807, 2.05) is 38.1 Å². The van der Waals surface area contributed by atoms with Crippen LogP contribution in [0.15, 0.2) is 36.7 Å². The Morgan fingerprint density at radius 1 is 1.18 bits per heavy atom. The molecule has 2 rings (SSSR count). The lowest BCUT2D eigenvalue weighted by molar-refractivity contribution is 0.472. The predicted molar refractivity (Wildman–Crippen MR) is 65.9 cm³/mol. The van der Waals surface area contributed by atoms with Gasteiger partial charge in [0, 0.05) is 0 Å². The Kier molecular flexibility index (Phi) is 3.35. The number of para-hydroxylation sites is 1. The molecule has 1 aromatic carbocycles. The third-order valence-corrected chi connectivity index (χ3v) is 2.38. The number of nitrogens with zero attached hydrogens (tertiary/aromatic N) is 2. The molecule has 88 valence electrons. The Balaban J connectivity index is 2.17. The second-order valence-electron chi connectivity index (χ2n) is 3.93. The molecular formula is C13H15N3O. The fourth-order valence-electron chi connectivity index (χ4n) is 1.41. The maximum atomic E-state index is 5.68. The standard InChI is InChI=1S/C13H15N3O/c1-9-5-3-4-6-12(9)17-11-7-15-13(10(2)14)16-8-11/h3-8,10H,14H2,1-2H3. The Morgan fingerprint density at radius 2 is 1.82 bits per heavy atom. The molecule has 0 radical (unpaired) electrons. The molecule has 1 aromatic heterocycles. The fourth-order valence-corrected chi connectivity index (χ4v) is 1.41. The maximum absolute atomic E-state index is 5.68. The molecular weight excluding hydrogens is 214 g/mol. The second kappa shape index (κ2) is 4.93. The molecule has 2 N–H and O–H groups in total. The van der Waals surface area contributed by atoms with E-state index in [4.69, 9.17) is 10.5 Å². The first kappa shape index (κ1) is 11.5. The lowest BCUT2D eigenvalue weighted by atomic mass is 10.2. The van der Waals surface area contributed by atoms with Crippen molar-refractivity contribution in [1.82, 2.24) is 9.97 Å². The number of benzene rings is 1. The van der Waals surface area contributed by atoms with Crippen molar-refractivity contribution in [2.45, 2.75) is 19.9 Å². The van der Waals surface area contributed by atoms with Crippen LogP contribution in [-0.2, 0) is 0 Å². The van der Waals surface area contributed by atoms with Crippen LogP contribution in [0.3, 0.4) is 0 Å². The van der Waals surface area contributed by atoms with E-state index < -0.39 is 0 Å². The minimum atomic E-state index is -0.164. The molecule has 1 unspecified atom stereocenters. The van der Waals surface area contributed by atoms with E-state index in [0.717, 1.165) is 11.3 Å². The summed E-state index contributed by atoms with van der Waals surface area (Å²) in [6, 6.07) is 7.64. The average molecular weight is 229 g/mol.